The lowest BCUT2D eigenvalue weighted by atomic mass is 9.76. The molecule has 4 nitrogen and oxygen atoms in total. The first kappa shape index (κ1) is 25.9. The summed E-state index contributed by atoms with van der Waals surface area (Å²) in [5.74, 6) is -21.6. The van der Waals surface area contributed by atoms with Gasteiger partial charge in [0.25, 0.3) is 0 Å². The first-order chi connectivity index (χ1) is 17.8. The summed E-state index contributed by atoms with van der Waals surface area (Å²) >= 11 is 0. The first-order valence-electron chi connectivity index (χ1n) is 11.5. The lowest BCUT2D eigenvalue weighted by Crippen LogP contribution is -2.89. The van der Waals surface area contributed by atoms with Crippen molar-refractivity contribution < 1.29 is 35.8 Å². The van der Waals surface area contributed by atoms with E-state index in [-0.39, 0.29) is 0 Å². The molecule has 0 aromatic heterocycles. The largest absolute Gasteiger partial charge is 0.448 e. The summed E-state index contributed by atoms with van der Waals surface area (Å²) in [7, 11) is 0. The van der Waals surface area contributed by atoms with Crippen LogP contribution < -0.4 is 16.2 Å². The minimum absolute atomic E-state index is 0.395. The molecule has 0 amide bonds. The molecule has 2 aliphatic carbocycles. The molecule has 3 unspecified atom stereocenters. The van der Waals surface area contributed by atoms with Gasteiger partial charge in [0, 0.05) is 12.1 Å². The predicted molar refractivity (Wildman–Crippen MR) is 131 cm³/mol. The van der Waals surface area contributed by atoms with Crippen LogP contribution >= 0.6 is 0 Å². The number of alkyl halides is 6. The lowest BCUT2D eigenvalue weighted by Gasteiger charge is -2.57. The van der Waals surface area contributed by atoms with Gasteiger partial charge in [0.2, 0.25) is 0 Å². The van der Waals surface area contributed by atoms with Crippen LogP contribution in [0.3, 0.4) is 0 Å². The van der Waals surface area contributed by atoms with Crippen molar-refractivity contribution in [1.29, 1.82) is 0 Å². The van der Waals surface area contributed by atoms with E-state index in [1.807, 2.05) is 0 Å². The van der Waals surface area contributed by atoms with Crippen molar-refractivity contribution in [2.75, 3.05) is 5.73 Å². The van der Waals surface area contributed by atoms with Crippen molar-refractivity contribution in [3.05, 3.63) is 103 Å². The molecule has 0 aliphatic heterocycles. The molecular weight excluding hydrogens is 510 g/mol. The van der Waals surface area contributed by atoms with E-state index in [9.17, 15) is 17.6 Å². The third-order valence-electron chi connectivity index (χ3n) is 6.60. The molecule has 0 saturated heterocycles. The van der Waals surface area contributed by atoms with Gasteiger partial charge in [0.15, 0.2) is 0 Å². The SMILES string of the molecule is Nc1ccc(-c2ccc(OC3(F)C(F)(F)C(F)(F)C3(F)OC3(N)C=CC(c4ccccc4)=CC3)cc2)cc1. The van der Waals surface area contributed by atoms with Crippen LogP contribution in [0.4, 0.5) is 32.0 Å². The van der Waals surface area contributed by atoms with Crippen molar-refractivity contribution in [3.8, 4) is 16.9 Å². The average molecular weight is 532 g/mol. The summed E-state index contributed by atoms with van der Waals surface area (Å²) in [6.07, 6.45) is 3.43. The molecule has 10 heteroatoms. The summed E-state index contributed by atoms with van der Waals surface area (Å²) < 4.78 is 98.3. The van der Waals surface area contributed by atoms with Crippen molar-refractivity contribution in [2.24, 2.45) is 5.73 Å². The zero-order valence-corrected chi connectivity index (χ0v) is 19.7. The van der Waals surface area contributed by atoms with Gasteiger partial charge in [-0.15, -0.1) is 0 Å². The van der Waals surface area contributed by atoms with Crippen LogP contribution in [0.1, 0.15) is 12.0 Å². The molecule has 3 atom stereocenters. The molecule has 1 saturated carbocycles. The summed E-state index contributed by atoms with van der Waals surface area (Å²) in [4.78, 5) is 0. The molecule has 0 spiro atoms. The number of benzene rings is 3. The molecule has 198 valence electrons. The number of halogens is 6. The van der Waals surface area contributed by atoms with Gasteiger partial charge in [-0.2, -0.15) is 26.3 Å². The molecule has 0 radical (unpaired) electrons. The Bertz CT molecular complexity index is 1400. The number of rotatable bonds is 6. The van der Waals surface area contributed by atoms with Crippen LogP contribution in [0, 0.1) is 0 Å². The Morgan fingerprint density at radius 1 is 0.658 bits per heavy atom. The number of allylic oxidation sites excluding steroid dienone is 2. The fraction of sp³-hybridized carbons (Fsp3) is 0.214. The zero-order valence-electron chi connectivity index (χ0n) is 19.7. The van der Waals surface area contributed by atoms with Crippen LogP contribution in [-0.4, -0.2) is 29.3 Å². The topological polar surface area (TPSA) is 70.5 Å². The Morgan fingerprint density at radius 3 is 1.76 bits per heavy atom. The van der Waals surface area contributed by atoms with Gasteiger partial charge < -0.3 is 15.2 Å². The number of nitrogens with two attached hydrogens (primary N) is 2. The van der Waals surface area contributed by atoms with E-state index < -0.39 is 41.5 Å². The molecule has 3 aromatic rings. The highest BCUT2D eigenvalue weighted by molar-refractivity contribution is 5.75. The number of ether oxygens (including phenoxy) is 2. The number of hydrogen-bond acceptors (Lipinski definition) is 4. The normalized spacial score (nSPS) is 29.3. The third kappa shape index (κ3) is 3.78. The summed E-state index contributed by atoms with van der Waals surface area (Å²) in [5.41, 5.74) is 12.3. The second-order valence-corrected chi connectivity index (χ2v) is 9.21. The molecular formula is C28H22F6N2O2. The highest BCUT2D eigenvalue weighted by Gasteiger charge is 3.02. The van der Waals surface area contributed by atoms with E-state index in [2.05, 4.69) is 9.47 Å². The van der Waals surface area contributed by atoms with E-state index in [0.29, 0.717) is 22.4 Å². The number of anilines is 1. The fourth-order valence-corrected chi connectivity index (χ4v) is 4.38. The Hall–Kier alpha value is -3.76. The van der Waals surface area contributed by atoms with Gasteiger partial charge >= 0.3 is 23.6 Å². The molecule has 2 aliphatic rings. The van der Waals surface area contributed by atoms with Gasteiger partial charge in [-0.1, -0.05) is 66.7 Å². The van der Waals surface area contributed by atoms with Gasteiger partial charge in [-0.05, 0) is 52.6 Å². The molecule has 0 heterocycles. The van der Waals surface area contributed by atoms with Crippen molar-refractivity contribution >= 4 is 11.3 Å². The molecule has 1 fully saturated rings. The zero-order chi connectivity index (χ0) is 27.4. The second kappa shape index (κ2) is 8.64. The highest BCUT2D eigenvalue weighted by Crippen LogP contribution is 2.69. The third-order valence-corrected chi connectivity index (χ3v) is 6.60. The van der Waals surface area contributed by atoms with Gasteiger partial charge in [0.05, 0.1) is 0 Å². The number of hydrogen-bond donors (Lipinski definition) is 2. The van der Waals surface area contributed by atoms with Crippen molar-refractivity contribution in [3.63, 3.8) is 0 Å². The van der Waals surface area contributed by atoms with Crippen molar-refractivity contribution in [1.82, 2.24) is 0 Å². The van der Waals surface area contributed by atoms with E-state index in [1.165, 1.54) is 24.3 Å². The van der Waals surface area contributed by atoms with Crippen molar-refractivity contribution in [2.45, 2.75) is 35.7 Å². The van der Waals surface area contributed by atoms with Crippen LogP contribution in [0.25, 0.3) is 16.7 Å². The molecule has 5 rings (SSSR count). The average Bonchev–Trinajstić information content (AvgIpc) is 2.89. The highest BCUT2D eigenvalue weighted by atomic mass is 19.3. The quantitative estimate of drug-likeness (QED) is 0.212. The molecule has 4 N–H and O–H groups in total. The first-order valence-corrected chi connectivity index (χ1v) is 11.5. The number of nitrogen functional groups attached to an aromatic ring is 1. The van der Waals surface area contributed by atoms with Crippen LogP contribution in [-0.2, 0) is 4.74 Å². The Balaban J connectivity index is 1.39. The van der Waals surface area contributed by atoms with E-state index >= 15 is 8.78 Å². The maximum absolute atomic E-state index is 15.6. The van der Waals surface area contributed by atoms with Gasteiger partial charge in [-0.3, -0.25) is 5.73 Å². The van der Waals surface area contributed by atoms with E-state index in [0.717, 1.165) is 23.8 Å². The minimum Gasteiger partial charge on any atom is -0.448 e. The smallest absolute Gasteiger partial charge is 0.390 e. The lowest BCUT2D eigenvalue weighted by molar-refractivity contribution is -0.551. The van der Waals surface area contributed by atoms with Crippen LogP contribution in [0.5, 0.6) is 5.75 Å². The second-order valence-electron chi connectivity index (χ2n) is 9.21. The molecule has 3 aromatic carbocycles. The maximum Gasteiger partial charge on any atom is 0.390 e. The summed E-state index contributed by atoms with van der Waals surface area (Å²) in [6.45, 7) is 0. The van der Waals surface area contributed by atoms with Gasteiger partial charge in [-0.25, -0.2) is 0 Å². The Labute approximate surface area is 214 Å². The Morgan fingerprint density at radius 2 is 1.21 bits per heavy atom. The Kier molecular flexibility index (Phi) is 5.88. The maximum atomic E-state index is 15.6. The van der Waals surface area contributed by atoms with Crippen LogP contribution in [0.15, 0.2) is 97.1 Å². The standard InChI is InChI=1S/C28H22F6N2O2/c29-25(30)26(31,32)28(34,38-24(36)16-14-21(15-17-24)18-4-2-1-3-5-18)27(25,33)37-23-12-8-20(9-13-23)19-6-10-22(35)11-7-19/h1-16H,17,35-36H2. The van der Waals surface area contributed by atoms with E-state index in [1.54, 1.807) is 54.6 Å². The summed E-state index contributed by atoms with van der Waals surface area (Å²) in [6, 6.07) is 20.3. The summed E-state index contributed by atoms with van der Waals surface area (Å²) in [5, 5.41) is 0. The van der Waals surface area contributed by atoms with E-state index in [4.69, 9.17) is 11.5 Å². The minimum atomic E-state index is -5.58. The molecule has 0 bridgehead atoms. The van der Waals surface area contributed by atoms with Crippen LogP contribution in [0.2, 0.25) is 0 Å². The predicted octanol–water partition coefficient (Wildman–Crippen LogP) is 6.65. The fourth-order valence-electron chi connectivity index (χ4n) is 4.38. The molecule has 38 heavy (non-hydrogen) atoms. The monoisotopic (exact) mass is 532 g/mol. The van der Waals surface area contributed by atoms with Gasteiger partial charge in [0.1, 0.15) is 11.5 Å².